The van der Waals surface area contributed by atoms with E-state index in [9.17, 15) is 9.18 Å². The summed E-state index contributed by atoms with van der Waals surface area (Å²) in [5.74, 6) is -0.316. The second-order valence-electron chi connectivity index (χ2n) is 5.15. The van der Waals surface area contributed by atoms with Crippen LogP contribution in [0.1, 0.15) is 18.9 Å². The smallest absolute Gasteiger partial charge is 0.248 e. The molecular weight excluding hydrogens is 247 g/mol. The fourth-order valence-corrected chi connectivity index (χ4v) is 2.28. The number of morpholine rings is 1. The average Bonchev–Trinajstić information content (AvgIpc) is 2.37. The van der Waals surface area contributed by atoms with Gasteiger partial charge >= 0.3 is 0 Å². The summed E-state index contributed by atoms with van der Waals surface area (Å²) in [5.41, 5.74) is 6.09. The molecule has 0 radical (unpaired) electrons. The minimum atomic E-state index is -0.386. The Morgan fingerprint density at radius 2 is 2.11 bits per heavy atom. The number of ether oxygens (including phenoxy) is 1. The molecule has 1 saturated heterocycles. The van der Waals surface area contributed by atoms with Gasteiger partial charge in [0, 0.05) is 13.1 Å². The standard InChI is InChI=1S/C14H19FN2O2/c1-14(6-7-16)10-17(13(18)9-19-14)8-11-2-4-12(15)5-3-11/h2-5H,6-10,16H2,1H3. The van der Waals surface area contributed by atoms with Crippen molar-refractivity contribution >= 4 is 5.91 Å². The number of hydrogen-bond donors (Lipinski definition) is 1. The molecule has 104 valence electrons. The molecule has 0 aliphatic carbocycles. The summed E-state index contributed by atoms with van der Waals surface area (Å²) in [7, 11) is 0. The lowest BCUT2D eigenvalue weighted by Gasteiger charge is -2.40. The lowest BCUT2D eigenvalue weighted by atomic mass is 9.99. The highest BCUT2D eigenvalue weighted by Crippen LogP contribution is 2.23. The molecule has 0 spiro atoms. The summed E-state index contributed by atoms with van der Waals surface area (Å²) >= 11 is 0. The number of carbonyl (C=O) groups excluding carboxylic acids is 1. The van der Waals surface area contributed by atoms with Crippen LogP contribution in [0.2, 0.25) is 0 Å². The highest BCUT2D eigenvalue weighted by atomic mass is 19.1. The molecule has 1 aliphatic rings. The molecule has 1 unspecified atom stereocenters. The lowest BCUT2D eigenvalue weighted by molar-refractivity contribution is -0.162. The van der Waals surface area contributed by atoms with Crippen LogP contribution < -0.4 is 5.73 Å². The molecule has 1 atom stereocenters. The number of rotatable bonds is 4. The van der Waals surface area contributed by atoms with E-state index < -0.39 is 0 Å². The van der Waals surface area contributed by atoms with E-state index >= 15 is 0 Å². The molecule has 1 fully saturated rings. The Kier molecular flexibility index (Phi) is 4.17. The lowest BCUT2D eigenvalue weighted by Crippen LogP contribution is -2.53. The minimum Gasteiger partial charge on any atom is -0.364 e. The highest BCUT2D eigenvalue weighted by Gasteiger charge is 2.35. The Morgan fingerprint density at radius 3 is 2.74 bits per heavy atom. The number of hydrogen-bond acceptors (Lipinski definition) is 3. The van der Waals surface area contributed by atoms with E-state index in [0.717, 1.165) is 5.56 Å². The summed E-state index contributed by atoms with van der Waals surface area (Å²) in [6.45, 7) is 3.56. The Morgan fingerprint density at radius 1 is 1.42 bits per heavy atom. The van der Waals surface area contributed by atoms with Crippen LogP contribution in [-0.2, 0) is 16.1 Å². The Labute approximate surface area is 112 Å². The maximum absolute atomic E-state index is 12.9. The molecule has 1 aromatic rings. The predicted octanol–water partition coefficient (Wildman–Crippen LogP) is 1.29. The maximum atomic E-state index is 12.9. The number of nitrogens with zero attached hydrogens (tertiary/aromatic N) is 1. The van der Waals surface area contributed by atoms with Gasteiger partial charge in [-0.1, -0.05) is 12.1 Å². The molecule has 2 rings (SSSR count). The summed E-state index contributed by atoms with van der Waals surface area (Å²) < 4.78 is 18.4. The van der Waals surface area contributed by atoms with Crippen LogP contribution in [0, 0.1) is 5.82 Å². The van der Waals surface area contributed by atoms with Gasteiger partial charge in [-0.15, -0.1) is 0 Å². The van der Waals surface area contributed by atoms with Crippen molar-refractivity contribution in [1.82, 2.24) is 4.90 Å². The Balaban J connectivity index is 2.05. The summed E-state index contributed by atoms with van der Waals surface area (Å²) in [6, 6.07) is 6.19. The van der Waals surface area contributed by atoms with E-state index in [4.69, 9.17) is 10.5 Å². The number of halogens is 1. The van der Waals surface area contributed by atoms with Crippen molar-refractivity contribution in [1.29, 1.82) is 0 Å². The highest BCUT2D eigenvalue weighted by molar-refractivity contribution is 5.78. The van der Waals surface area contributed by atoms with Gasteiger partial charge in [-0.3, -0.25) is 4.79 Å². The third-order valence-corrected chi connectivity index (χ3v) is 3.38. The van der Waals surface area contributed by atoms with E-state index in [1.54, 1.807) is 17.0 Å². The molecule has 2 N–H and O–H groups in total. The predicted molar refractivity (Wildman–Crippen MR) is 69.8 cm³/mol. The topological polar surface area (TPSA) is 55.6 Å². The summed E-state index contributed by atoms with van der Waals surface area (Å²) in [5, 5.41) is 0. The quantitative estimate of drug-likeness (QED) is 0.893. The van der Waals surface area contributed by atoms with Gasteiger partial charge in [-0.05, 0) is 37.6 Å². The fraction of sp³-hybridized carbons (Fsp3) is 0.500. The molecule has 4 nitrogen and oxygen atoms in total. The van der Waals surface area contributed by atoms with Crippen LogP contribution in [0.15, 0.2) is 24.3 Å². The first-order valence-electron chi connectivity index (χ1n) is 6.39. The van der Waals surface area contributed by atoms with Crippen LogP contribution >= 0.6 is 0 Å². The van der Waals surface area contributed by atoms with Crippen molar-refractivity contribution in [3.05, 3.63) is 35.6 Å². The first kappa shape index (κ1) is 14.0. The zero-order chi connectivity index (χ0) is 13.9. The van der Waals surface area contributed by atoms with E-state index in [1.807, 2.05) is 6.92 Å². The zero-order valence-electron chi connectivity index (χ0n) is 11.1. The molecule has 19 heavy (non-hydrogen) atoms. The SMILES string of the molecule is CC1(CCN)CN(Cc2ccc(F)cc2)C(=O)CO1. The molecule has 1 amide bonds. The van der Waals surface area contributed by atoms with Crippen LogP contribution in [0.5, 0.6) is 0 Å². The largest absolute Gasteiger partial charge is 0.364 e. The average molecular weight is 266 g/mol. The van der Waals surface area contributed by atoms with Crippen molar-refractivity contribution < 1.29 is 13.9 Å². The number of nitrogens with two attached hydrogens (primary N) is 1. The molecule has 0 bridgehead atoms. The molecule has 1 aromatic carbocycles. The van der Waals surface area contributed by atoms with Gasteiger partial charge in [-0.2, -0.15) is 0 Å². The van der Waals surface area contributed by atoms with Gasteiger partial charge in [0.15, 0.2) is 0 Å². The van der Waals surface area contributed by atoms with Crippen LogP contribution in [0.3, 0.4) is 0 Å². The van der Waals surface area contributed by atoms with E-state index in [2.05, 4.69) is 0 Å². The molecule has 0 aromatic heterocycles. The second-order valence-corrected chi connectivity index (χ2v) is 5.15. The van der Waals surface area contributed by atoms with Crippen molar-refractivity contribution in [2.75, 3.05) is 19.7 Å². The Hall–Kier alpha value is -1.46. The monoisotopic (exact) mass is 266 g/mol. The molecule has 1 heterocycles. The third-order valence-electron chi connectivity index (χ3n) is 3.38. The van der Waals surface area contributed by atoms with Gasteiger partial charge in [0.25, 0.3) is 0 Å². The van der Waals surface area contributed by atoms with E-state index in [0.29, 0.717) is 26.1 Å². The van der Waals surface area contributed by atoms with Crippen LogP contribution in [0.25, 0.3) is 0 Å². The van der Waals surface area contributed by atoms with Crippen molar-refractivity contribution in [3.8, 4) is 0 Å². The minimum absolute atomic E-state index is 0.0428. The fourth-order valence-electron chi connectivity index (χ4n) is 2.28. The first-order chi connectivity index (χ1) is 9.02. The second kappa shape index (κ2) is 5.67. The number of carbonyl (C=O) groups is 1. The zero-order valence-corrected chi connectivity index (χ0v) is 11.1. The van der Waals surface area contributed by atoms with E-state index in [-0.39, 0.29) is 23.9 Å². The van der Waals surface area contributed by atoms with Gasteiger partial charge in [0.05, 0.1) is 5.60 Å². The van der Waals surface area contributed by atoms with Crippen LogP contribution in [-0.4, -0.2) is 36.1 Å². The van der Waals surface area contributed by atoms with Gasteiger partial charge in [0.1, 0.15) is 12.4 Å². The maximum Gasteiger partial charge on any atom is 0.248 e. The summed E-state index contributed by atoms with van der Waals surface area (Å²) in [4.78, 5) is 13.6. The van der Waals surface area contributed by atoms with Crippen molar-refractivity contribution in [2.45, 2.75) is 25.5 Å². The summed E-state index contributed by atoms with van der Waals surface area (Å²) in [6.07, 6.45) is 0.709. The number of amides is 1. The third kappa shape index (κ3) is 3.52. The molecule has 5 heteroatoms. The van der Waals surface area contributed by atoms with Crippen molar-refractivity contribution in [2.24, 2.45) is 5.73 Å². The van der Waals surface area contributed by atoms with E-state index in [1.165, 1.54) is 12.1 Å². The van der Waals surface area contributed by atoms with Crippen LogP contribution in [0.4, 0.5) is 4.39 Å². The van der Waals surface area contributed by atoms with Crippen molar-refractivity contribution in [3.63, 3.8) is 0 Å². The number of benzene rings is 1. The van der Waals surface area contributed by atoms with Gasteiger partial charge < -0.3 is 15.4 Å². The van der Waals surface area contributed by atoms with Gasteiger partial charge in [-0.25, -0.2) is 4.39 Å². The molecular formula is C14H19FN2O2. The first-order valence-corrected chi connectivity index (χ1v) is 6.39. The Bertz CT molecular complexity index is 449. The molecule has 0 saturated carbocycles. The molecule has 1 aliphatic heterocycles. The van der Waals surface area contributed by atoms with Gasteiger partial charge in [0.2, 0.25) is 5.91 Å². The normalized spacial score (nSPS) is 23.7.